The highest BCUT2D eigenvalue weighted by molar-refractivity contribution is 7.98. The third kappa shape index (κ3) is 2.30. The van der Waals surface area contributed by atoms with E-state index < -0.39 is 0 Å². The first-order chi connectivity index (χ1) is 10.9. The Labute approximate surface area is 134 Å². The number of rotatable bonds is 2. The second-order valence-corrected chi connectivity index (χ2v) is 5.82. The molecule has 3 aromatic carbocycles. The average Bonchev–Trinajstić information content (AvgIpc) is 2.62. The molecule has 106 valence electrons. The summed E-state index contributed by atoms with van der Waals surface area (Å²) in [5.74, 6) is 0.968. The van der Waals surface area contributed by atoms with Crippen molar-refractivity contribution >= 4 is 29.2 Å². The summed E-state index contributed by atoms with van der Waals surface area (Å²) in [6.07, 6.45) is 0. The Morgan fingerprint density at radius 1 is 0.682 bits per heavy atom. The van der Waals surface area contributed by atoms with Crippen LogP contribution in [0.1, 0.15) is 5.56 Å². The van der Waals surface area contributed by atoms with Crippen LogP contribution in [-0.2, 0) is 0 Å². The highest BCUT2D eigenvalue weighted by atomic mass is 32.2. The predicted octanol–water partition coefficient (Wildman–Crippen LogP) is 5.29. The number of benzene rings is 3. The highest BCUT2D eigenvalue weighted by Gasteiger charge is 2.24. The van der Waals surface area contributed by atoms with Gasteiger partial charge in [0.15, 0.2) is 5.84 Å². The van der Waals surface area contributed by atoms with E-state index >= 15 is 0 Å². The Morgan fingerprint density at radius 2 is 1.32 bits per heavy atom. The molecule has 0 radical (unpaired) electrons. The number of nitrogens with zero attached hydrogens (tertiary/aromatic N) is 2. The van der Waals surface area contributed by atoms with Crippen molar-refractivity contribution in [3.63, 3.8) is 0 Å². The van der Waals surface area contributed by atoms with E-state index in [1.807, 2.05) is 24.3 Å². The molecule has 0 aliphatic carbocycles. The van der Waals surface area contributed by atoms with Crippen molar-refractivity contribution in [1.29, 1.82) is 0 Å². The minimum absolute atomic E-state index is 0.968. The smallest absolute Gasteiger partial charge is 0.153 e. The standard InChI is InChI=1S/C19H14N2S/c1-3-9-15(10-4-1)19-20-22-18-14-8-7-13-17(18)21(19)16-11-5-2-6-12-16/h1-14H. The monoisotopic (exact) mass is 302 g/mol. The Morgan fingerprint density at radius 3 is 2.09 bits per heavy atom. The van der Waals surface area contributed by atoms with E-state index in [0.29, 0.717) is 0 Å². The van der Waals surface area contributed by atoms with Gasteiger partial charge < -0.3 is 0 Å². The van der Waals surface area contributed by atoms with Crippen LogP contribution >= 0.6 is 11.9 Å². The van der Waals surface area contributed by atoms with E-state index in [-0.39, 0.29) is 0 Å². The third-order valence-electron chi connectivity index (χ3n) is 3.59. The predicted molar refractivity (Wildman–Crippen MR) is 93.9 cm³/mol. The van der Waals surface area contributed by atoms with Gasteiger partial charge in [-0.3, -0.25) is 4.90 Å². The van der Waals surface area contributed by atoms with Gasteiger partial charge in [0.2, 0.25) is 0 Å². The highest BCUT2D eigenvalue weighted by Crippen LogP contribution is 2.40. The molecule has 0 bridgehead atoms. The molecule has 0 spiro atoms. The van der Waals surface area contributed by atoms with Crippen LogP contribution in [0.25, 0.3) is 0 Å². The fraction of sp³-hybridized carbons (Fsp3) is 0. The van der Waals surface area contributed by atoms with Gasteiger partial charge in [-0.1, -0.05) is 60.7 Å². The average molecular weight is 302 g/mol. The van der Waals surface area contributed by atoms with E-state index in [1.165, 1.54) is 22.5 Å². The van der Waals surface area contributed by atoms with Crippen molar-refractivity contribution in [3.05, 3.63) is 90.5 Å². The summed E-state index contributed by atoms with van der Waals surface area (Å²) in [5, 5.41) is 0. The van der Waals surface area contributed by atoms with Gasteiger partial charge >= 0.3 is 0 Å². The van der Waals surface area contributed by atoms with Crippen LogP contribution in [0.2, 0.25) is 0 Å². The van der Waals surface area contributed by atoms with Crippen LogP contribution in [0, 0.1) is 0 Å². The lowest BCUT2D eigenvalue weighted by Crippen LogP contribution is -2.28. The first-order valence-corrected chi connectivity index (χ1v) is 7.95. The summed E-state index contributed by atoms with van der Waals surface area (Å²) in [6, 6.07) is 29.1. The lowest BCUT2D eigenvalue weighted by atomic mass is 10.1. The van der Waals surface area contributed by atoms with Crippen LogP contribution in [0.4, 0.5) is 11.4 Å². The molecule has 0 amide bonds. The summed E-state index contributed by atoms with van der Waals surface area (Å²) < 4.78 is 4.76. The fourth-order valence-corrected chi connectivity index (χ4v) is 3.34. The van der Waals surface area contributed by atoms with E-state index in [2.05, 4.69) is 65.6 Å². The summed E-state index contributed by atoms with van der Waals surface area (Å²) in [4.78, 5) is 3.40. The van der Waals surface area contributed by atoms with Crippen LogP contribution < -0.4 is 4.90 Å². The third-order valence-corrected chi connectivity index (χ3v) is 4.40. The molecular formula is C19H14N2S. The van der Waals surface area contributed by atoms with Gasteiger partial charge in [-0.25, -0.2) is 0 Å². The van der Waals surface area contributed by atoms with E-state index in [1.54, 1.807) is 0 Å². The van der Waals surface area contributed by atoms with Crippen molar-refractivity contribution in [2.24, 2.45) is 4.40 Å². The molecule has 1 aliphatic heterocycles. The minimum atomic E-state index is 0.968. The number of amidine groups is 1. The van der Waals surface area contributed by atoms with E-state index in [9.17, 15) is 0 Å². The molecule has 1 aliphatic rings. The maximum atomic E-state index is 4.76. The van der Waals surface area contributed by atoms with E-state index in [4.69, 9.17) is 4.40 Å². The lowest BCUT2D eigenvalue weighted by Gasteiger charge is -2.30. The maximum absolute atomic E-state index is 4.76. The molecule has 3 aromatic rings. The maximum Gasteiger partial charge on any atom is 0.153 e. The van der Waals surface area contributed by atoms with Gasteiger partial charge in [0.05, 0.1) is 10.6 Å². The molecule has 0 saturated carbocycles. The van der Waals surface area contributed by atoms with Gasteiger partial charge in [-0.15, -0.1) is 0 Å². The molecule has 0 unspecified atom stereocenters. The van der Waals surface area contributed by atoms with Gasteiger partial charge in [-0.05, 0) is 24.3 Å². The Balaban J connectivity index is 1.90. The van der Waals surface area contributed by atoms with Crippen molar-refractivity contribution in [2.75, 3.05) is 4.90 Å². The summed E-state index contributed by atoms with van der Waals surface area (Å²) in [5.41, 5.74) is 3.42. The van der Waals surface area contributed by atoms with Crippen molar-refractivity contribution in [1.82, 2.24) is 0 Å². The number of anilines is 2. The second-order valence-electron chi connectivity index (χ2n) is 5.01. The first-order valence-electron chi connectivity index (χ1n) is 7.18. The Bertz CT molecular complexity index is 813. The molecule has 0 aromatic heterocycles. The zero-order chi connectivity index (χ0) is 14.8. The molecule has 0 N–H and O–H groups in total. The zero-order valence-electron chi connectivity index (χ0n) is 11.9. The number of hydrogen-bond donors (Lipinski definition) is 0. The summed E-state index contributed by atoms with van der Waals surface area (Å²) in [7, 11) is 0. The van der Waals surface area contributed by atoms with Crippen LogP contribution in [0.5, 0.6) is 0 Å². The largest absolute Gasteiger partial charge is 0.293 e. The van der Waals surface area contributed by atoms with Gasteiger partial charge in [-0.2, -0.15) is 4.40 Å². The molecule has 22 heavy (non-hydrogen) atoms. The topological polar surface area (TPSA) is 15.6 Å². The molecule has 0 fully saturated rings. The summed E-state index contributed by atoms with van der Waals surface area (Å²) in [6.45, 7) is 0. The molecule has 1 heterocycles. The SMILES string of the molecule is c1ccc(C2=NSc3ccccc3N2c2ccccc2)cc1. The Hall–Kier alpha value is -2.52. The fourth-order valence-electron chi connectivity index (χ4n) is 2.57. The molecule has 0 atom stereocenters. The molecule has 0 saturated heterocycles. The number of hydrogen-bond acceptors (Lipinski definition) is 3. The minimum Gasteiger partial charge on any atom is -0.293 e. The quantitative estimate of drug-likeness (QED) is 0.597. The van der Waals surface area contributed by atoms with Gasteiger partial charge in [0, 0.05) is 23.2 Å². The molecule has 4 rings (SSSR count). The van der Waals surface area contributed by atoms with Crippen LogP contribution in [0.15, 0.2) is 94.2 Å². The lowest BCUT2D eigenvalue weighted by molar-refractivity contribution is 1.25. The van der Waals surface area contributed by atoms with Crippen LogP contribution in [0.3, 0.4) is 0 Å². The molecule has 2 nitrogen and oxygen atoms in total. The van der Waals surface area contributed by atoms with Gasteiger partial charge in [0.25, 0.3) is 0 Å². The molecule has 3 heteroatoms. The first kappa shape index (κ1) is 13.2. The normalized spacial score (nSPS) is 13.5. The number of fused-ring (bicyclic) bond motifs is 1. The van der Waals surface area contributed by atoms with Crippen molar-refractivity contribution < 1.29 is 0 Å². The van der Waals surface area contributed by atoms with Crippen molar-refractivity contribution in [2.45, 2.75) is 4.90 Å². The van der Waals surface area contributed by atoms with Gasteiger partial charge in [0.1, 0.15) is 0 Å². The number of para-hydroxylation sites is 2. The van der Waals surface area contributed by atoms with E-state index in [0.717, 1.165) is 17.1 Å². The molecular weight excluding hydrogens is 288 g/mol. The van der Waals surface area contributed by atoms with Crippen molar-refractivity contribution in [3.8, 4) is 0 Å². The summed E-state index contributed by atoms with van der Waals surface area (Å²) >= 11 is 1.54. The van der Waals surface area contributed by atoms with Crippen LogP contribution in [-0.4, -0.2) is 5.84 Å². The zero-order valence-corrected chi connectivity index (χ0v) is 12.7. The Kier molecular flexibility index (Phi) is 3.41. The second kappa shape index (κ2) is 5.70.